The first-order valence-electron chi connectivity index (χ1n) is 6.12. The molecule has 1 amide bonds. The van der Waals surface area contributed by atoms with E-state index in [0.29, 0.717) is 12.3 Å². The third-order valence-corrected chi connectivity index (χ3v) is 3.27. The summed E-state index contributed by atoms with van der Waals surface area (Å²) in [5.74, 6) is -1.55. The molecule has 1 aliphatic carbocycles. The second kappa shape index (κ2) is 4.80. The van der Waals surface area contributed by atoms with Crippen LogP contribution in [0.15, 0.2) is 24.3 Å². The van der Waals surface area contributed by atoms with Crippen molar-refractivity contribution in [2.75, 3.05) is 5.32 Å². The zero-order valence-corrected chi connectivity index (χ0v) is 10.5. The number of hydrogen-bond donors (Lipinski definition) is 2. The Morgan fingerprint density at radius 2 is 2.06 bits per heavy atom. The Bertz CT molecular complexity index is 482. The van der Waals surface area contributed by atoms with Crippen molar-refractivity contribution < 1.29 is 14.7 Å². The number of carboxylic acid groups (broad SMARTS) is 1. The number of hydrogen-bond acceptors (Lipinski definition) is 2. The normalized spacial score (nSPS) is 21.7. The lowest BCUT2D eigenvalue weighted by atomic mass is 10.0. The third kappa shape index (κ3) is 2.70. The minimum absolute atomic E-state index is 0.191. The molecule has 0 saturated heterocycles. The summed E-state index contributed by atoms with van der Waals surface area (Å²) in [6.07, 6.45) is 0.449. The summed E-state index contributed by atoms with van der Waals surface area (Å²) in [5.41, 5.74) is 1.89. The molecule has 1 aromatic rings. The van der Waals surface area contributed by atoms with Gasteiger partial charge in [0.2, 0.25) is 5.91 Å². The summed E-state index contributed by atoms with van der Waals surface area (Å²) < 4.78 is 0. The van der Waals surface area contributed by atoms with Crippen LogP contribution in [-0.4, -0.2) is 17.0 Å². The molecule has 4 heteroatoms. The second-order valence-electron chi connectivity index (χ2n) is 5.06. The van der Waals surface area contributed by atoms with E-state index >= 15 is 0 Å². The number of anilines is 1. The molecule has 4 nitrogen and oxygen atoms in total. The van der Waals surface area contributed by atoms with Gasteiger partial charge in [-0.2, -0.15) is 0 Å². The molecule has 18 heavy (non-hydrogen) atoms. The van der Waals surface area contributed by atoms with E-state index in [1.807, 2.05) is 24.3 Å². The minimum Gasteiger partial charge on any atom is -0.481 e. The molecule has 0 heterocycles. The maximum Gasteiger partial charge on any atom is 0.307 e. The Hall–Kier alpha value is -1.84. The van der Waals surface area contributed by atoms with Crippen LogP contribution in [0.4, 0.5) is 5.69 Å². The summed E-state index contributed by atoms with van der Waals surface area (Å²) in [7, 11) is 0. The minimum atomic E-state index is -0.883. The van der Waals surface area contributed by atoms with E-state index in [1.54, 1.807) is 0 Å². The first kappa shape index (κ1) is 12.6. The number of carboxylic acids is 1. The fourth-order valence-corrected chi connectivity index (χ4v) is 1.97. The first-order valence-corrected chi connectivity index (χ1v) is 6.12. The second-order valence-corrected chi connectivity index (χ2v) is 5.06. The molecule has 0 aliphatic heterocycles. The lowest BCUT2D eigenvalue weighted by molar-refractivity contribution is -0.139. The maximum absolute atomic E-state index is 11.8. The molecule has 0 bridgehead atoms. The van der Waals surface area contributed by atoms with Crippen LogP contribution in [0.3, 0.4) is 0 Å². The van der Waals surface area contributed by atoms with E-state index in [4.69, 9.17) is 5.11 Å². The van der Waals surface area contributed by atoms with Crippen LogP contribution >= 0.6 is 0 Å². The van der Waals surface area contributed by atoms with Crippen molar-refractivity contribution in [3.05, 3.63) is 29.8 Å². The van der Waals surface area contributed by atoms with Crippen LogP contribution in [0, 0.1) is 11.8 Å². The van der Waals surface area contributed by atoms with Crippen molar-refractivity contribution >= 4 is 17.6 Å². The van der Waals surface area contributed by atoms with Gasteiger partial charge in [-0.25, -0.2) is 0 Å². The highest BCUT2D eigenvalue weighted by Gasteiger charge is 2.48. The number of carbonyl (C=O) groups is 2. The number of nitrogens with one attached hydrogen (secondary N) is 1. The van der Waals surface area contributed by atoms with Crippen molar-refractivity contribution in [3.8, 4) is 0 Å². The van der Waals surface area contributed by atoms with E-state index in [9.17, 15) is 9.59 Å². The van der Waals surface area contributed by atoms with Gasteiger partial charge in [-0.15, -0.1) is 0 Å². The molecule has 2 N–H and O–H groups in total. The van der Waals surface area contributed by atoms with Crippen LogP contribution in [0.1, 0.15) is 31.7 Å². The molecule has 0 aromatic heterocycles. The van der Waals surface area contributed by atoms with Gasteiger partial charge < -0.3 is 10.4 Å². The van der Waals surface area contributed by atoms with Crippen LogP contribution in [0.25, 0.3) is 0 Å². The van der Waals surface area contributed by atoms with Crippen molar-refractivity contribution in [3.63, 3.8) is 0 Å². The topological polar surface area (TPSA) is 66.4 Å². The average Bonchev–Trinajstić information content (AvgIpc) is 3.09. The zero-order chi connectivity index (χ0) is 13.3. The molecule has 0 unspecified atom stereocenters. The Labute approximate surface area is 106 Å². The molecule has 1 aliphatic rings. The predicted octanol–water partition coefficient (Wildman–Crippen LogP) is 2.47. The summed E-state index contributed by atoms with van der Waals surface area (Å²) in [6, 6.07) is 7.66. The Morgan fingerprint density at radius 1 is 1.33 bits per heavy atom. The van der Waals surface area contributed by atoms with E-state index in [1.165, 1.54) is 0 Å². The summed E-state index contributed by atoms with van der Waals surface area (Å²) in [5, 5.41) is 11.6. The van der Waals surface area contributed by atoms with Crippen LogP contribution < -0.4 is 5.32 Å². The number of carbonyl (C=O) groups excluding carboxylic acids is 1. The third-order valence-electron chi connectivity index (χ3n) is 3.27. The number of benzene rings is 1. The Balaban J connectivity index is 2.00. The van der Waals surface area contributed by atoms with Gasteiger partial charge in [0.1, 0.15) is 0 Å². The van der Waals surface area contributed by atoms with E-state index in [-0.39, 0.29) is 11.8 Å². The lowest BCUT2D eigenvalue weighted by Crippen LogP contribution is -2.16. The molecule has 2 rings (SSSR count). The monoisotopic (exact) mass is 247 g/mol. The quantitative estimate of drug-likeness (QED) is 0.859. The Morgan fingerprint density at radius 3 is 2.61 bits per heavy atom. The van der Waals surface area contributed by atoms with E-state index in [2.05, 4.69) is 19.2 Å². The molecule has 0 radical (unpaired) electrons. The van der Waals surface area contributed by atoms with Crippen LogP contribution in [-0.2, 0) is 9.59 Å². The fraction of sp³-hybridized carbons (Fsp3) is 0.429. The first-order chi connectivity index (χ1) is 8.49. The molecule has 1 aromatic carbocycles. The summed E-state index contributed by atoms with van der Waals surface area (Å²) in [4.78, 5) is 22.5. The highest BCUT2D eigenvalue weighted by Crippen LogP contribution is 2.39. The summed E-state index contributed by atoms with van der Waals surface area (Å²) in [6.45, 7) is 4.17. The molecular weight excluding hydrogens is 230 g/mol. The predicted molar refractivity (Wildman–Crippen MR) is 68.4 cm³/mol. The van der Waals surface area contributed by atoms with Crippen LogP contribution in [0.5, 0.6) is 0 Å². The van der Waals surface area contributed by atoms with Crippen molar-refractivity contribution in [2.24, 2.45) is 11.8 Å². The molecule has 96 valence electrons. The van der Waals surface area contributed by atoms with E-state index in [0.717, 1.165) is 11.3 Å². The molecule has 1 fully saturated rings. The van der Waals surface area contributed by atoms with Crippen molar-refractivity contribution in [1.82, 2.24) is 0 Å². The Kier molecular flexibility index (Phi) is 3.36. The van der Waals surface area contributed by atoms with Crippen LogP contribution in [0.2, 0.25) is 0 Å². The number of aliphatic carboxylic acids is 1. The van der Waals surface area contributed by atoms with Gasteiger partial charge in [0, 0.05) is 5.69 Å². The molecule has 0 spiro atoms. The number of rotatable bonds is 4. The van der Waals surface area contributed by atoms with Gasteiger partial charge in [0.05, 0.1) is 11.8 Å². The average molecular weight is 247 g/mol. The van der Waals surface area contributed by atoms with Gasteiger partial charge in [0.25, 0.3) is 0 Å². The highest BCUT2D eigenvalue weighted by molar-refractivity contribution is 5.98. The molecule has 2 atom stereocenters. The maximum atomic E-state index is 11.8. The number of amides is 1. The largest absolute Gasteiger partial charge is 0.481 e. The van der Waals surface area contributed by atoms with Crippen molar-refractivity contribution in [1.29, 1.82) is 0 Å². The van der Waals surface area contributed by atoms with Gasteiger partial charge in [-0.05, 0) is 30.0 Å². The SMILES string of the molecule is CC(C)c1cccc(NC(=O)[C@@H]2C[C@@H]2C(=O)O)c1. The molecular formula is C14H17NO3. The van der Waals surface area contributed by atoms with Gasteiger partial charge in [0.15, 0.2) is 0 Å². The van der Waals surface area contributed by atoms with E-state index < -0.39 is 11.9 Å². The van der Waals surface area contributed by atoms with Gasteiger partial charge >= 0.3 is 5.97 Å². The standard InChI is InChI=1S/C14H17NO3/c1-8(2)9-4-3-5-10(6-9)15-13(16)11-7-12(11)14(17)18/h3-6,8,11-12H,7H2,1-2H3,(H,15,16)(H,17,18)/t11-,12+/m1/s1. The highest BCUT2D eigenvalue weighted by atomic mass is 16.4. The van der Waals surface area contributed by atoms with Crippen molar-refractivity contribution in [2.45, 2.75) is 26.2 Å². The van der Waals surface area contributed by atoms with Gasteiger partial charge in [-0.3, -0.25) is 9.59 Å². The summed E-state index contributed by atoms with van der Waals surface area (Å²) >= 11 is 0. The van der Waals surface area contributed by atoms with Gasteiger partial charge in [-0.1, -0.05) is 26.0 Å². The fourth-order valence-electron chi connectivity index (χ4n) is 1.97. The molecule has 1 saturated carbocycles. The smallest absolute Gasteiger partial charge is 0.307 e. The zero-order valence-electron chi connectivity index (χ0n) is 10.5. The lowest BCUT2D eigenvalue weighted by Gasteiger charge is -2.09.